The van der Waals surface area contributed by atoms with E-state index in [9.17, 15) is 0 Å². The average molecular weight is 314 g/mol. The van der Waals surface area contributed by atoms with E-state index in [1.165, 1.54) is 0 Å². The van der Waals surface area contributed by atoms with E-state index in [1.54, 1.807) is 0 Å². The molecule has 1 aliphatic rings. The minimum atomic E-state index is -0.0660. The van der Waals surface area contributed by atoms with Crippen LogP contribution in [0.4, 0.5) is 0 Å². The second-order valence-corrected chi connectivity index (χ2v) is 5.60. The van der Waals surface area contributed by atoms with Crippen molar-refractivity contribution in [3.05, 3.63) is 34.3 Å². The Morgan fingerprint density at radius 1 is 1.33 bits per heavy atom. The molecule has 0 radical (unpaired) electrons. The van der Waals surface area contributed by atoms with Gasteiger partial charge in [0.15, 0.2) is 0 Å². The molecule has 0 amide bonds. The lowest BCUT2D eigenvalue weighted by atomic mass is 10.0. The molecular formula is C14H20BrNO2. The van der Waals surface area contributed by atoms with E-state index in [0.29, 0.717) is 0 Å². The fraction of sp³-hybridized carbons (Fsp3) is 0.571. The number of rotatable bonds is 4. The molecule has 2 unspecified atom stereocenters. The van der Waals surface area contributed by atoms with Crippen LogP contribution in [0, 0.1) is 0 Å². The first-order valence-electron chi connectivity index (χ1n) is 6.41. The van der Waals surface area contributed by atoms with Crippen molar-refractivity contribution in [2.24, 2.45) is 5.73 Å². The molecule has 0 saturated carbocycles. The summed E-state index contributed by atoms with van der Waals surface area (Å²) in [6.45, 7) is 3.56. The van der Waals surface area contributed by atoms with E-state index < -0.39 is 0 Å². The Morgan fingerprint density at radius 3 is 2.61 bits per heavy atom. The molecule has 0 aromatic heterocycles. The van der Waals surface area contributed by atoms with Gasteiger partial charge in [0.05, 0.1) is 12.2 Å². The Hall–Kier alpha value is -0.420. The first-order valence-corrected chi connectivity index (χ1v) is 7.21. The van der Waals surface area contributed by atoms with E-state index in [0.717, 1.165) is 36.1 Å². The van der Waals surface area contributed by atoms with Crippen LogP contribution in [0.5, 0.6) is 0 Å². The van der Waals surface area contributed by atoms with Gasteiger partial charge in [-0.15, -0.1) is 0 Å². The third kappa shape index (κ3) is 3.54. The predicted octanol–water partition coefficient (Wildman–Crippen LogP) is 3.03. The lowest BCUT2D eigenvalue weighted by molar-refractivity contribution is -0.0760. The van der Waals surface area contributed by atoms with Crippen LogP contribution < -0.4 is 5.73 Å². The fourth-order valence-electron chi connectivity index (χ4n) is 2.21. The summed E-state index contributed by atoms with van der Waals surface area (Å²) in [6, 6.07) is 8.07. The van der Waals surface area contributed by atoms with Gasteiger partial charge >= 0.3 is 0 Å². The van der Waals surface area contributed by atoms with E-state index in [-0.39, 0.29) is 18.2 Å². The summed E-state index contributed by atoms with van der Waals surface area (Å²) in [4.78, 5) is 0. The number of benzene rings is 1. The van der Waals surface area contributed by atoms with Crippen molar-refractivity contribution in [1.82, 2.24) is 0 Å². The Morgan fingerprint density at radius 2 is 2.00 bits per heavy atom. The summed E-state index contributed by atoms with van der Waals surface area (Å²) in [5.41, 5.74) is 7.20. The van der Waals surface area contributed by atoms with Crippen molar-refractivity contribution in [3.63, 3.8) is 0 Å². The van der Waals surface area contributed by atoms with Gasteiger partial charge in [0.1, 0.15) is 0 Å². The number of hydrogen-bond acceptors (Lipinski definition) is 3. The number of nitrogens with two attached hydrogens (primary N) is 1. The minimum Gasteiger partial charge on any atom is -0.381 e. The van der Waals surface area contributed by atoms with Crippen LogP contribution in [0.15, 0.2) is 28.7 Å². The lowest BCUT2D eigenvalue weighted by Crippen LogP contribution is -2.33. The SMILES string of the molecule is CC(N)C(OC1CCOCC1)c1ccccc1Br. The highest BCUT2D eigenvalue weighted by Gasteiger charge is 2.24. The Labute approximate surface area is 117 Å². The molecule has 0 aliphatic carbocycles. The van der Waals surface area contributed by atoms with Crippen LogP contribution in [-0.2, 0) is 9.47 Å². The maximum Gasteiger partial charge on any atom is 0.0987 e. The second kappa shape index (κ2) is 6.66. The number of ether oxygens (including phenoxy) is 2. The molecule has 2 N–H and O–H groups in total. The van der Waals surface area contributed by atoms with Gasteiger partial charge in [0.25, 0.3) is 0 Å². The van der Waals surface area contributed by atoms with Crippen LogP contribution >= 0.6 is 15.9 Å². The monoisotopic (exact) mass is 313 g/mol. The van der Waals surface area contributed by atoms with Gasteiger partial charge < -0.3 is 15.2 Å². The van der Waals surface area contributed by atoms with Gasteiger partial charge in [-0.05, 0) is 31.4 Å². The zero-order chi connectivity index (χ0) is 13.0. The Kier molecular flexibility index (Phi) is 5.18. The van der Waals surface area contributed by atoms with Crippen LogP contribution in [0.1, 0.15) is 31.4 Å². The molecule has 0 bridgehead atoms. The molecule has 4 heteroatoms. The largest absolute Gasteiger partial charge is 0.381 e. The summed E-state index contributed by atoms with van der Waals surface area (Å²) < 4.78 is 12.6. The standard InChI is InChI=1S/C14H20BrNO2/c1-10(16)14(12-4-2-3-5-13(12)15)18-11-6-8-17-9-7-11/h2-5,10-11,14H,6-9,16H2,1H3. The molecular weight excluding hydrogens is 294 g/mol. The molecule has 1 aromatic carbocycles. The molecule has 1 heterocycles. The van der Waals surface area contributed by atoms with Crippen LogP contribution in [-0.4, -0.2) is 25.4 Å². The average Bonchev–Trinajstić information content (AvgIpc) is 2.38. The van der Waals surface area contributed by atoms with Crippen LogP contribution in [0.25, 0.3) is 0 Å². The minimum absolute atomic E-state index is 0.0356. The highest BCUT2D eigenvalue weighted by molar-refractivity contribution is 9.10. The topological polar surface area (TPSA) is 44.5 Å². The Bertz CT molecular complexity index is 378. The third-order valence-electron chi connectivity index (χ3n) is 3.20. The molecule has 1 aromatic rings. The normalized spacial score (nSPS) is 20.6. The zero-order valence-corrected chi connectivity index (χ0v) is 12.2. The number of halogens is 1. The maximum absolute atomic E-state index is 6.18. The smallest absolute Gasteiger partial charge is 0.0987 e. The van der Waals surface area contributed by atoms with Crippen molar-refractivity contribution in [3.8, 4) is 0 Å². The summed E-state index contributed by atoms with van der Waals surface area (Å²) >= 11 is 3.57. The number of hydrogen-bond donors (Lipinski definition) is 1. The molecule has 18 heavy (non-hydrogen) atoms. The van der Waals surface area contributed by atoms with Crippen molar-refractivity contribution in [2.75, 3.05) is 13.2 Å². The van der Waals surface area contributed by atoms with E-state index >= 15 is 0 Å². The molecule has 3 nitrogen and oxygen atoms in total. The van der Waals surface area contributed by atoms with Crippen LogP contribution in [0.2, 0.25) is 0 Å². The molecule has 1 saturated heterocycles. The molecule has 2 atom stereocenters. The van der Waals surface area contributed by atoms with Crippen molar-refractivity contribution in [1.29, 1.82) is 0 Å². The van der Waals surface area contributed by atoms with Gasteiger partial charge in [-0.25, -0.2) is 0 Å². The highest BCUT2D eigenvalue weighted by Crippen LogP contribution is 2.30. The molecule has 100 valence electrons. The summed E-state index contributed by atoms with van der Waals surface area (Å²) in [5.74, 6) is 0. The molecule has 1 aliphatic heterocycles. The van der Waals surface area contributed by atoms with Crippen molar-refractivity contribution >= 4 is 15.9 Å². The lowest BCUT2D eigenvalue weighted by Gasteiger charge is -2.30. The first-order chi connectivity index (χ1) is 8.68. The summed E-state index contributed by atoms with van der Waals surface area (Å²) in [6.07, 6.45) is 2.09. The van der Waals surface area contributed by atoms with Gasteiger partial charge in [0, 0.05) is 23.7 Å². The fourth-order valence-corrected chi connectivity index (χ4v) is 2.72. The van der Waals surface area contributed by atoms with E-state index in [4.69, 9.17) is 15.2 Å². The molecule has 1 fully saturated rings. The van der Waals surface area contributed by atoms with Gasteiger partial charge in [-0.1, -0.05) is 34.1 Å². The Balaban J connectivity index is 2.10. The second-order valence-electron chi connectivity index (χ2n) is 4.75. The van der Waals surface area contributed by atoms with E-state index in [2.05, 4.69) is 22.0 Å². The van der Waals surface area contributed by atoms with Crippen molar-refractivity contribution in [2.45, 2.75) is 38.0 Å². The highest BCUT2D eigenvalue weighted by atomic mass is 79.9. The quantitative estimate of drug-likeness (QED) is 0.929. The maximum atomic E-state index is 6.18. The zero-order valence-electron chi connectivity index (χ0n) is 10.6. The summed E-state index contributed by atoms with van der Waals surface area (Å²) in [5, 5.41) is 0. The van der Waals surface area contributed by atoms with Gasteiger partial charge in [0.2, 0.25) is 0 Å². The molecule has 2 rings (SSSR count). The van der Waals surface area contributed by atoms with Crippen molar-refractivity contribution < 1.29 is 9.47 Å². The summed E-state index contributed by atoms with van der Waals surface area (Å²) in [7, 11) is 0. The third-order valence-corrected chi connectivity index (χ3v) is 3.92. The van der Waals surface area contributed by atoms with Gasteiger partial charge in [-0.2, -0.15) is 0 Å². The molecule has 0 spiro atoms. The van der Waals surface area contributed by atoms with Crippen LogP contribution in [0.3, 0.4) is 0 Å². The first kappa shape index (κ1) is 14.0. The van der Waals surface area contributed by atoms with Gasteiger partial charge in [-0.3, -0.25) is 0 Å². The predicted molar refractivity (Wildman–Crippen MR) is 75.5 cm³/mol. The van der Waals surface area contributed by atoms with E-state index in [1.807, 2.05) is 25.1 Å².